The fraction of sp³-hybridized carbons (Fsp3) is 0.562. The highest BCUT2D eigenvalue weighted by Gasteiger charge is 2.10. The van der Waals surface area contributed by atoms with Gasteiger partial charge in [-0.15, -0.1) is 0 Å². The first kappa shape index (κ1) is 16.9. The molecule has 0 amide bonds. The smallest absolute Gasteiger partial charge is 0.173 e. The van der Waals surface area contributed by atoms with Crippen LogP contribution in [-0.4, -0.2) is 37.3 Å². The highest BCUT2D eigenvalue weighted by atomic mass is 32.1. The van der Waals surface area contributed by atoms with Gasteiger partial charge in [0, 0.05) is 33.0 Å². The predicted molar refractivity (Wildman–Crippen MR) is 90.5 cm³/mol. The summed E-state index contributed by atoms with van der Waals surface area (Å²) in [5.74, 6) is 0. The minimum absolute atomic E-state index is 0.763. The lowest BCUT2D eigenvalue weighted by Crippen LogP contribution is -2.33. The van der Waals surface area contributed by atoms with Gasteiger partial charge in [0.15, 0.2) is 5.11 Å². The molecule has 0 fully saturated rings. The quantitative estimate of drug-likeness (QED) is 0.615. The number of benzene rings is 1. The second-order valence-corrected chi connectivity index (χ2v) is 5.24. The molecule has 0 aliphatic heterocycles. The summed E-state index contributed by atoms with van der Waals surface area (Å²) in [5, 5.41) is 4.20. The molecule has 0 radical (unpaired) electrons. The lowest BCUT2D eigenvalue weighted by Gasteiger charge is -2.23. The Balaban J connectivity index is 2.74. The largest absolute Gasteiger partial charge is 0.385 e. The highest BCUT2D eigenvalue weighted by Crippen LogP contribution is 2.22. The van der Waals surface area contributed by atoms with Crippen LogP contribution in [-0.2, 0) is 17.6 Å². The molecule has 0 saturated heterocycles. The number of para-hydroxylation sites is 1. The van der Waals surface area contributed by atoms with E-state index in [0.717, 1.165) is 37.5 Å². The summed E-state index contributed by atoms with van der Waals surface area (Å²) in [6.45, 7) is 6.00. The number of aryl methyl sites for hydroxylation is 2. The molecular formula is C16H26N2OS. The molecule has 0 aromatic heterocycles. The maximum absolute atomic E-state index is 5.50. The van der Waals surface area contributed by atoms with Gasteiger partial charge in [-0.1, -0.05) is 32.0 Å². The van der Waals surface area contributed by atoms with Crippen molar-refractivity contribution >= 4 is 23.0 Å². The van der Waals surface area contributed by atoms with Gasteiger partial charge in [-0.25, -0.2) is 0 Å². The van der Waals surface area contributed by atoms with Gasteiger partial charge in [0.05, 0.1) is 0 Å². The third-order valence-corrected chi connectivity index (χ3v) is 3.83. The third kappa shape index (κ3) is 4.76. The van der Waals surface area contributed by atoms with E-state index in [4.69, 9.17) is 17.0 Å². The summed E-state index contributed by atoms with van der Waals surface area (Å²) in [4.78, 5) is 2.07. The number of nitrogens with zero attached hydrogens (tertiary/aromatic N) is 1. The second-order valence-electron chi connectivity index (χ2n) is 4.86. The fourth-order valence-electron chi connectivity index (χ4n) is 2.15. The first-order valence-electron chi connectivity index (χ1n) is 7.25. The summed E-state index contributed by atoms with van der Waals surface area (Å²) < 4.78 is 5.07. The molecule has 20 heavy (non-hydrogen) atoms. The molecule has 1 N–H and O–H groups in total. The lowest BCUT2D eigenvalue weighted by atomic mass is 10.0. The van der Waals surface area contributed by atoms with Crippen LogP contribution in [0, 0.1) is 0 Å². The lowest BCUT2D eigenvalue weighted by molar-refractivity contribution is 0.189. The number of rotatable bonds is 7. The van der Waals surface area contributed by atoms with Gasteiger partial charge in [0.1, 0.15) is 0 Å². The van der Waals surface area contributed by atoms with Crippen LogP contribution in [0.5, 0.6) is 0 Å². The Morgan fingerprint density at radius 3 is 2.35 bits per heavy atom. The summed E-state index contributed by atoms with van der Waals surface area (Å²) in [5.41, 5.74) is 3.81. The molecule has 112 valence electrons. The van der Waals surface area contributed by atoms with Crippen molar-refractivity contribution in [1.29, 1.82) is 0 Å². The number of nitrogens with one attached hydrogen (secondary N) is 1. The van der Waals surface area contributed by atoms with Crippen molar-refractivity contribution in [2.45, 2.75) is 33.1 Å². The molecule has 0 heterocycles. The van der Waals surface area contributed by atoms with E-state index in [1.54, 1.807) is 7.11 Å². The van der Waals surface area contributed by atoms with Gasteiger partial charge in [0.2, 0.25) is 0 Å². The Bertz CT molecular complexity index is 412. The molecule has 0 saturated carbocycles. The minimum Gasteiger partial charge on any atom is -0.385 e. The SMILES string of the molecule is CCc1cccc(CC)c1NC(=S)N(C)CCCOC. The Morgan fingerprint density at radius 1 is 1.25 bits per heavy atom. The zero-order valence-electron chi connectivity index (χ0n) is 13.0. The second kappa shape index (κ2) is 8.93. The fourth-order valence-corrected chi connectivity index (χ4v) is 2.35. The van der Waals surface area contributed by atoms with E-state index >= 15 is 0 Å². The molecule has 0 aliphatic rings. The monoisotopic (exact) mass is 294 g/mol. The van der Waals surface area contributed by atoms with Crippen molar-refractivity contribution in [1.82, 2.24) is 4.90 Å². The van der Waals surface area contributed by atoms with Gasteiger partial charge in [-0.05, 0) is 42.6 Å². The Labute approximate surface area is 128 Å². The average Bonchev–Trinajstić information content (AvgIpc) is 2.47. The molecular weight excluding hydrogens is 268 g/mol. The minimum atomic E-state index is 0.763. The molecule has 4 heteroatoms. The Kier molecular flexibility index (Phi) is 7.55. The van der Waals surface area contributed by atoms with Crippen LogP contribution in [0.4, 0.5) is 5.69 Å². The summed E-state index contributed by atoms with van der Waals surface area (Å²) in [6.07, 6.45) is 2.99. The predicted octanol–water partition coefficient (Wildman–Crippen LogP) is 3.48. The van der Waals surface area contributed by atoms with Gasteiger partial charge in [-0.3, -0.25) is 0 Å². The molecule has 0 spiro atoms. The molecule has 1 rings (SSSR count). The van der Waals surface area contributed by atoms with Crippen molar-refractivity contribution in [3.8, 4) is 0 Å². The van der Waals surface area contributed by atoms with Crippen LogP contribution in [0.15, 0.2) is 18.2 Å². The van der Waals surface area contributed by atoms with Crippen molar-refractivity contribution in [3.63, 3.8) is 0 Å². The molecule has 3 nitrogen and oxygen atoms in total. The van der Waals surface area contributed by atoms with E-state index < -0.39 is 0 Å². The molecule has 0 aliphatic carbocycles. The van der Waals surface area contributed by atoms with Gasteiger partial charge in [-0.2, -0.15) is 0 Å². The standard InChI is InChI=1S/C16H26N2OS/c1-5-13-9-7-10-14(6-2)15(13)17-16(20)18(3)11-8-12-19-4/h7,9-10H,5-6,8,11-12H2,1-4H3,(H,17,20). The zero-order chi connectivity index (χ0) is 15.0. The Hall–Kier alpha value is -1.13. The Morgan fingerprint density at radius 2 is 1.85 bits per heavy atom. The number of hydrogen-bond donors (Lipinski definition) is 1. The number of ether oxygens (including phenoxy) is 1. The number of hydrogen-bond acceptors (Lipinski definition) is 2. The maximum atomic E-state index is 5.50. The number of methoxy groups -OCH3 is 1. The zero-order valence-corrected chi connectivity index (χ0v) is 13.8. The van der Waals surface area contributed by atoms with Crippen LogP contribution >= 0.6 is 12.2 Å². The topological polar surface area (TPSA) is 24.5 Å². The van der Waals surface area contributed by atoms with E-state index in [9.17, 15) is 0 Å². The molecule has 1 aromatic carbocycles. The van der Waals surface area contributed by atoms with E-state index in [2.05, 4.69) is 42.3 Å². The number of thiocarbonyl (C=S) groups is 1. The normalized spacial score (nSPS) is 10.4. The first-order chi connectivity index (χ1) is 9.63. The van der Waals surface area contributed by atoms with Crippen LogP contribution in [0.1, 0.15) is 31.4 Å². The van der Waals surface area contributed by atoms with E-state index in [-0.39, 0.29) is 0 Å². The van der Waals surface area contributed by atoms with E-state index in [1.165, 1.54) is 16.8 Å². The van der Waals surface area contributed by atoms with Crippen LogP contribution < -0.4 is 5.32 Å². The third-order valence-electron chi connectivity index (χ3n) is 3.42. The highest BCUT2D eigenvalue weighted by molar-refractivity contribution is 7.80. The van der Waals surface area contributed by atoms with Crippen molar-refractivity contribution in [2.75, 3.05) is 32.6 Å². The van der Waals surface area contributed by atoms with Crippen LogP contribution in [0.2, 0.25) is 0 Å². The maximum Gasteiger partial charge on any atom is 0.173 e. The van der Waals surface area contributed by atoms with Crippen LogP contribution in [0.25, 0.3) is 0 Å². The molecule has 0 unspecified atom stereocenters. The average molecular weight is 294 g/mol. The van der Waals surface area contributed by atoms with Crippen molar-refractivity contribution < 1.29 is 4.74 Å². The van der Waals surface area contributed by atoms with Crippen LogP contribution in [0.3, 0.4) is 0 Å². The van der Waals surface area contributed by atoms with Crippen molar-refractivity contribution in [3.05, 3.63) is 29.3 Å². The first-order valence-corrected chi connectivity index (χ1v) is 7.66. The van der Waals surface area contributed by atoms with E-state index in [1.807, 2.05) is 7.05 Å². The van der Waals surface area contributed by atoms with Gasteiger partial charge >= 0.3 is 0 Å². The molecule has 0 atom stereocenters. The number of anilines is 1. The summed E-state index contributed by atoms with van der Waals surface area (Å²) in [7, 11) is 3.74. The van der Waals surface area contributed by atoms with E-state index in [0.29, 0.717) is 0 Å². The summed E-state index contributed by atoms with van der Waals surface area (Å²) >= 11 is 5.50. The van der Waals surface area contributed by atoms with Crippen molar-refractivity contribution in [2.24, 2.45) is 0 Å². The van der Waals surface area contributed by atoms with Gasteiger partial charge in [0.25, 0.3) is 0 Å². The summed E-state index contributed by atoms with van der Waals surface area (Å²) in [6, 6.07) is 6.44. The molecule has 1 aromatic rings. The van der Waals surface area contributed by atoms with Gasteiger partial charge < -0.3 is 15.0 Å². The molecule has 0 bridgehead atoms.